The third-order valence-electron chi connectivity index (χ3n) is 2.92. The van der Waals surface area contributed by atoms with Gasteiger partial charge >= 0.3 is 0 Å². The molecule has 2 heterocycles. The Hall–Kier alpha value is -0.540. The van der Waals surface area contributed by atoms with Crippen molar-refractivity contribution in [2.45, 2.75) is 12.8 Å². The van der Waals surface area contributed by atoms with Crippen molar-refractivity contribution in [1.29, 1.82) is 0 Å². The second kappa shape index (κ2) is 4.80. The molecule has 1 N–H and O–H groups in total. The van der Waals surface area contributed by atoms with E-state index in [1.165, 1.54) is 37.5 Å². The molecule has 0 bridgehead atoms. The van der Waals surface area contributed by atoms with Gasteiger partial charge in [0.1, 0.15) is 0 Å². The number of hydrogen-bond donors (Lipinski definition) is 1. The molecule has 1 unspecified atom stereocenters. The maximum Gasteiger partial charge on any atom is 0.0905 e. The van der Waals surface area contributed by atoms with Crippen LogP contribution in [0.2, 0.25) is 0 Å². The number of nitrogens with zero attached hydrogens (tertiary/aromatic N) is 1. The molecule has 1 atom stereocenters. The summed E-state index contributed by atoms with van der Waals surface area (Å²) in [6, 6.07) is 4.31. The zero-order valence-corrected chi connectivity index (χ0v) is 9.52. The summed E-state index contributed by atoms with van der Waals surface area (Å²) in [6.07, 6.45) is 2.68. The third kappa shape index (κ3) is 2.49. The topological polar surface area (TPSA) is 15.3 Å². The largest absolute Gasteiger partial charge is 0.367 e. The second-order valence-corrected chi connectivity index (χ2v) is 4.95. The van der Waals surface area contributed by atoms with Crippen molar-refractivity contribution in [2.24, 2.45) is 5.92 Å². The highest BCUT2D eigenvalue weighted by molar-refractivity contribution is 7.14. The molecule has 0 radical (unpaired) electrons. The monoisotopic (exact) mass is 210 g/mol. The zero-order valence-electron chi connectivity index (χ0n) is 8.70. The fourth-order valence-electron chi connectivity index (χ4n) is 1.93. The lowest BCUT2D eigenvalue weighted by molar-refractivity contribution is 0.534. The summed E-state index contributed by atoms with van der Waals surface area (Å²) in [5, 5.41) is 6.94. The molecule has 14 heavy (non-hydrogen) atoms. The Balaban J connectivity index is 1.74. The SMILES string of the molecule is CN(CCC1CCNC1)c1cccs1. The number of hydrogen-bond acceptors (Lipinski definition) is 3. The molecule has 0 spiro atoms. The fraction of sp³-hybridized carbons (Fsp3) is 0.636. The van der Waals surface area contributed by atoms with Crippen LogP contribution in [0.1, 0.15) is 12.8 Å². The summed E-state index contributed by atoms with van der Waals surface area (Å²) >= 11 is 1.82. The number of thiophene rings is 1. The first kappa shape index (κ1) is 9.99. The molecule has 1 aromatic rings. The highest BCUT2D eigenvalue weighted by atomic mass is 32.1. The lowest BCUT2D eigenvalue weighted by atomic mass is 10.1. The van der Waals surface area contributed by atoms with Gasteiger partial charge in [-0.15, -0.1) is 11.3 Å². The third-order valence-corrected chi connectivity index (χ3v) is 3.90. The first-order valence-corrected chi connectivity index (χ1v) is 6.19. The Morgan fingerprint density at radius 2 is 2.57 bits per heavy atom. The van der Waals surface area contributed by atoms with Crippen LogP contribution in [0.3, 0.4) is 0 Å². The van der Waals surface area contributed by atoms with Crippen LogP contribution < -0.4 is 10.2 Å². The predicted molar refractivity (Wildman–Crippen MR) is 63.2 cm³/mol. The van der Waals surface area contributed by atoms with Gasteiger partial charge < -0.3 is 10.2 Å². The maximum atomic E-state index is 3.41. The summed E-state index contributed by atoms with van der Waals surface area (Å²) in [4.78, 5) is 2.36. The van der Waals surface area contributed by atoms with Gasteiger partial charge in [0, 0.05) is 13.6 Å². The molecular weight excluding hydrogens is 192 g/mol. The van der Waals surface area contributed by atoms with Crippen molar-refractivity contribution in [3.05, 3.63) is 17.5 Å². The van der Waals surface area contributed by atoms with E-state index in [2.05, 4.69) is 34.8 Å². The Bertz CT molecular complexity index is 252. The molecule has 1 aromatic heterocycles. The van der Waals surface area contributed by atoms with Gasteiger partial charge in [-0.05, 0) is 49.4 Å². The average molecular weight is 210 g/mol. The van der Waals surface area contributed by atoms with Gasteiger partial charge in [0.25, 0.3) is 0 Å². The minimum absolute atomic E-state index is 0.900. The van der Waals surface area contributed by atoms with Crippen LogP contribution in [0.25, 0.3) is 0 Å². The Morgan fingerprint density at radius 1 is 1.64 bits per heavy atom. The van der Waals surface area contributed by atoms with Gasteiger partial charge in [-0.3, -0.25) is 0 Å². The normalized spacial score (nSPS) is 21.4. The summed E-state index contributed by atoms with van der Waals surface area (Å²) in [7, 11) is 2.19. The van der Waals surface area contributed by atoms with Gasteiger partial charge in [-0.25, -0.2) is 0 Å². The van der Waals surface area contributed by atoms with Crippen molar-refractivity contribution >= 4 is 16.3 Å². The standard InChI is InChI=1S/C11H18N2S/c1-13(11-3-2-8-14-11)7-5-10-4-6-12-9-10/h2-3,8,10,12H,4-7,9H2,1H3. The molecule has 0 aromatic carbocycles. The van der Waals surface area contributed by atoms with Gasteiger partial charge in [-0.2, -0.15) is 0 Å². The van der Waals surface area contributed by atoms with Gasteiger partial charge in [0.2, 0.25) is 0 Å². The molecule has 0 saturated carbocycles. The Kier molecular flexibility index (Phi) is 3.43. The maximum absolute atomic E-state index is 3.41. The lowest BCUT2D eigenvalue weighted by Crippen LogP contribution is -2.20. The molecule has 0 amide bonds. The first-order chi connectivity index (χ1) is 6.86. The summed E-state index contributed by atoms with van der Waals surface area (Å²) < 4.78 is 0. The highest BCUT2D eigenvalue weighted by Crippen LogP contribution is 2.21. The van der Waals surface area contributed by atoms with E-state index in [1.54, 1.807) is 0 Å². The van der Waals surface area contributed by atoms with Crippen molar-refractivity contribution in [1.82, 2.24) is 5.32 Å². The number of nitrogens with one attached hydrogen (secondary N) is 1. The number of rotatable bonds is 4. The van der Waals surface area contributed by atoms with E-state index in [4.69, 9.17) is 0 Å². The molecular formula is C11H18N2S. The second-order valence-electron chi connectivity index (χ2n) is 4.02. The van der Waals surface area contributed by atoms with Crippen LogP contribution in [0.15, 0.2) is 17.5 Å². The Morgan fingerprint density at radius 3 is 3.21 bits per heavy atom. The number of anilines is 1. The van der Waals surface area contributed by atoms with Crippen LogP contribution in [0.5, 0.6) is 0 Å². The molecule has 2 nitrogen and oxygen atoms in total. The zero-order chi connectivity index (χ0) is 9.80. The molecule has 1 aliphatic heterocycles. The van der Waals surface area contributed by atoms with Crippen LogP contribution in [0, 0.1) is 5.92 Å². The van der Waals surface area contributed by atoms with Gasteiger partial charge in [0.05, 0.1) is 5.00 Å². The predicted octanol–water partition coefficient (Wildman–Crippen LogP) is 2.18. The minimum atomic E-state index is 0.900. The lowest BCUT2D eigenvalue weighted by Gasteiger charge is -2.18. The van der Waals surface area contributed by atoms with E-state index < -0.39 is 0 Å². The van der Waals surface area contributed by atoms with E-state index in [0.29, 0.717) is 0 Å². The van der Waals surface area contributed by atoms with Crippen LogP contribution >= 0.6 is 11.3 Å². The molecule has 1 fully saturated rings. The van der Waals surface area contributed by atoms with E-state index in [-0.39, 0.29) is 0 Å². The minimum Gasteiger partial charge on any atom is -0.367 e. The first-order valence-electron chi connectivity index (χ1n) is 5.31. The smallest absolute Gasteiger partial charge is 0.0905 e. The summed E-state index contributed by atoms with van der Waals surface area (Å²) in [5.41, 5.74) is 0. The Labute approximate surface area is 89.9 Å². The molecule has 1 aliphatic rings. The molecule has 1 saturated heterocycles. The van der Waals surface area contributed by atoms with Crippen LogP contribution in [-0.4, -0.2) is 26.7 Å². The average Bonchev–Trinajstić information content (AvgIpc) is 2.87. The van der Waals surface area contributed by atoms with E-state index in [9.17, 15) is 0 Å². The van der Waals surface area contributed by atoms with Gasteiger partial charge in [-0.1, -0.05) is 0 Å². The molecule has 2 rings (SSSR count). The molecule has 78 valence electrons. The van der Waals surface area contributed by atoms with Crippen LogP contribution in [-0.2, 0) is 0 Å². The van der Waals surface area contributed by atoms with Crippen molar-refractivity contribution in [3.8, 4) is 0 Å². The highest BCUT2D eigenvalue weighted by Gasteiger charge is 2.14. The quantitative estimate of drug-likeness (QED) is 0.819. The van der Waals surface area contributed by atoms with E-state index >= 15 is 0 Å². The summed E-state index contributed by atoms with van der Waals surface area (Å²) in [5.74, 6) is 0.900. The molecule has 0 aliphatic carbocycles. The summed E-state index contributed by atoms with van der Waals surface area (Å²) in [6.45, 7) is 3.62. The van der Waals surface area contributed by atoms with Gasteiger partial charge in [0.15, 0.2) is 0 Å². The van der Waals surface area contributed by atoms with E-state index in [1.807, 2.05) is 11.3 Å². The van der Waals surface area contributed by atoms with Crippen molar-refractivity contribution in [2.75, 3.05) is 31.6 Å². The van der Waals surface area contributed by atoms with Crippen molar-refractivity contribution < 1.29 is 0 Å². The fourth-order valence-corrected chi connectivity index (χ4v) is 2.66. The van der Waals surface area contributed by atoms with E-state index in [0.717, 1.165) is 5.92 Å². The van der Waals surface area contributed by atoms with Crippen molar-refractivity contribution in [3.63, 3.8) is 0 Å². The molecule has 3 heteroatoms. The van der Waals surface area contributed by atoms with Crippen LogP contribution in [0.4, 0.5) is 5.00 Å².